The molecule has 0 aliphatic rings. The zero-order valence-electron chi connectivity index (χ0n) is 13.0. The van der Waals surface area contributed by atoms with Gasteiger partial charge in [0.25, 0.3) is 0 Å². The fraction of sp³-hybridized carbons (Fsp3) is 0.118. The summed E-state index contributed by atoms with van der Waals surface area (Å²) in [6, 6.07) is 10.3. The normalized spacial score (nSPS) is 11.4. The van der Waals surface area contributed by atoms with Gasteiger partial charge in [-0.15, -0.1) is 0 Å². The molecular weight excluding hydrogens is 373 g/mol. The van der Waals surface area contributed by atoms with Gasteiger partial charge in [-0.05, 0) is 18.2 Å². The Kier molecular flexibility index (Phi) is 4.94. The van der Waals surface area contributed by atoms with Crippen LogP contribution in [-0.4, -0.2) is 16.1 Å². The number of carbonyl (C=O) groups excluding carboxylic acids is 1. The smallest absolute Gasteiger partial charge is 0.433 e. The van der Waals surface area contributed by atoms with Crippen molar-refractivity contribution in [2.75, 3.05) is 0 Å². The maximum Gasteiger partial charge on any atom is 0.433 e. The molecule has 9 heteroatoms. The minimum absolute atomic E-state index is 0.108. The summed E-state index contributed by atoms with van der Waals surface area (Å²) in [5.41, 5.74) is -0.0715. The molecule has 3 rings (SSSR count). The molecule has 0 atom stereocenters. The number of hydrogen-bond acceptors (Lipinski definition) is 5. The van der Waals surface area contributed by atoms with Crippen LogP contribution in [-0.2, 0) is 17.5 Å². The highest BCUT2D eigenvalue weighted by Gasteiger charge is 2.32. The number of hydrogen-bond donors (Lipinski definition) is 0. The van der Waals surface area contributed by atoms with E-state index in [1.54, 1.807) is 30.3 Å². The Morgan fingerprint density at radius 1 is 1.19 bits per heavy atom. The molecule has 0 bridgehead atoms. The number of esters is 1. The van der Waals surface area contributed by atoms with Crippen molar-refractivity contribution >= 4 is 17.6 Å². The van der Waals surface area contributed by atoms with E-state index in [1.807, 2.05) is 0 Å². The SMILES string of the molecule is O=C(OCc1cc(-c2ccccc2Cl)no1)c1ccc(C(F)(F)F)nc1. The van der Waals surface area contributed by atoms with Crippen molar-refractivity contribution < 1.29 is 27.2 Å². The van der Waals surface area contributed by atoms with Crippen LogP contribution in [0.5, 0.6) is 0 Å². The lowest BCUT2D eigenvalue weighted by molar-refractivity contribution is -0.141. The van der Waals surface area contributed by atoms with Crippen LogP contribution in [0, 0.1) is 0 Å². The van der Waals surface area contributed by atoms with Crippen LogP contribution in [0.1, 0.15) is 21.8 Å². The molecule has 0 spiro atoms. The summed E-state index contributed by atoms with van der Waals surface area (Å²) in [5, 5.41) is 4.33. The molecule has 0 aliphatic heterocycles. The highest BCUT2D eigenvalue weighted by molar-refractivity contribution is 6.33. The number of nitrogens with zero attached hydrogens (tertiary/aromatic N) is 2. The molecule has 0 fully saturated rings. The quantitative estimate of drug-likeness (QED) is 0.608. The van der Waals surface area contributed by atoms with Crippen LogP contribution >= 0.6 is 11.6 Å². The van der Waals surface area contributed by atoms with E-state index in [9.17, 15) is 18.0 Å². The summed E-state index contributed by atoms with van der Waals surface area (Å²) >= 11 is 6.07. The van der Waals surface area contributed by atoms with Crippen molar-refractivity contribution in [2.45, 2.75) is 12.8 Å². The van der Waals surface area contributed by atoms with E-state index in [0.29, 0.717) is 22.3 Å². The van der Waals surface area contributed by atoms with E-state index < -0.39 is 17.8 Å². The predicted molar refractivity (Wildman–Crippen MR) is 85.3 cm³/mol. The standard InChI is InChI=1S/C17H10ClF3N2O3/c18-13-4-2-1-3-12(13)14-7-11(26-23-14)9-25-16(24)10-5-6-15(22-8-10)17(19,20)21/h1-8H,9H2. The molecule has 0 aliphatic carbocycles. The summed E-state index contributed by atoms with van der Waals surface area (Å²) in [7, 11) is 0. The summed E-state index contributed by atoms with van der Waals surface area (Å²) in [5.74, 6) is -0.574. The van der Waals surface area contributed by atoms with E-state index in [-0.39, 0.29) is 17.9 Å². The molecule has 5 nitrogen and oxygen atoms in total. The van der Waals surface area contributed by atoms with Crippen molar-refractivity contribution in [3.63, 3.8) is 0 Å². The van der Waals surface area contributed by atoms with Crippen molar-refractivity contribution in [2.24, 2.45) is 0 Å². The fourth-order valence-electron chi connectivity index (χ4n) is 2.08. The first-order chi connectivity index (χ1) is 12.3. The van der Waals surface area contributed by atoms with Gasteiger partial charge in [0.05, 0.1) is 10.6 Å². The Balaban J connectivity index is 1.64. The molecule has 0 radical (unpaired) electrons. The fourth-order valence-corrected chi connectivity index (χ4v) is 2.31. The van der Waals surface area contributed by atoms with E-state index in [4.69, 9.17) is 20.9 Å². The molecule has 3 aromatic rings. The van der Waals surface area contributed by atoms with Gasteiger partial charge in [-0.25, -0.2) is 4.79 Å². The van der Waals surface area contributed by atoms with Gasteiger partial charge < -0.3 is 9.26 Å². The second-order valence-corrected chi connectivity index (χ2v) is 5.57. The number of aromatic nitrogens is 2. The van der Waals surface area contributed by atoms with Crippen molar-refractivity contribution in [3.8, 4) is 11.3 Å². The second kappa shape index (κ2) is 7.17. The van der Waals surface area contributed by atoms with Crippen LogP contribution < -0.4 is 0 Å². The Morgan fingerprint density at radius 2 is 1.96 bits per heavy atom. The van der Waals surface area contributed by atoms with Gasteiger partial charge in [-0.2, -0.15) is 13.2 Å². The van der Waals surface area contributed by atoms with Gasteiger partial charge in [0, 0.05) is 17.8 Å². The van der Waals surface area contributed by atoms with Gasteiger partial charge in [0.1, 0.15) is 11.4 Å². The number of ether oxygens (including phenoxy) is 1. The van der Waals surface area contributed by atoms with E-state index in [0.717, 1.165) is 12.3 Å². The monoisotopic (exact) mass is 382 g/mol. The lowest BCUT2D eigenvalue weighted by Gasteiger charge is -2.06. The van der Waals surface area contributed by atoms with Crippen molar-refractivity contribution in [3.05, 3.63) is 70.7 Å². The summed E-state index contributed by atoms with van der Waals surface area (Å²) in [6.07, 6.45) is -3.77. The molecule has 2 heterocycles. The minimum Gasteiger partial charge on any atom is -0.454 e. The van der Waals surface area contributed by atoms with Gasteiger partial charge in [-0.1, -0.05) is 35.0 Å². The highest BCUT2D eigenvalue weighted by Crippen LogP contribution is 2.28. The largest absolute Gasteiger partial charge is 0.454 e. The third kappa shape index (κ3) is 4.02. The summed E-state index contributed by atoms with van der Waals surface area (Å²) in [4.78, 5) is 15.1. The summed E-state index contributed by atoms with van der Waals surface area (Å²) in [6.45, 7) is -0.239. The molecular formula is C17H10ClF3N2O3. The Labute approximate surface area is 150 Å². The van der Waals surface area contributed by atoms with Crippen LogP contribution in [0.15, 0.2) is 53.2 Å². The molecule has 0 amide bonds. The third-order valence-corrected chi connectivity index (χ3v) is 3.67. The minimum atomic E-state index is -4.57. The lowest BCUT2D eigenvalue weighted by atomic mass is 10.1. The van der Waals surface area contributed by atoms with E-state index in [2.05, 4.69) is 10.1 Å². The number of alkyl halides is 3. The lowest BCUT2D eigenvalue weighted by Crippen LogP contribution is -2.10. The van der Waals surface area contributed by atoms with E-state index >= 15 is 0 Å². The summed E-state index contributed by atoms with van der Waals surface area (Å²) < 4.78 is 47.4. The molecule has 0 unspecified atom stereocenters. The van der Waals surface area contributed by atoms with Crippen molar-refractivity contribution in [1.82, 2.24) is 10.1 Å². The third-order valence-electron chi connectivity index (χ3n) is 3.34. The average Bonchev–Trinajstić information content (AvgIpc) is 3.08. The molecule has 26 heavy (non-hydrogen) atoms. The molecule has 2 aromatic heterocycles. The highest BCUT2D eigenvalue weighted by atomic mass is 35.5. The van der Waals surface area contributed by atoms with Crippen molar-refractivity contribution in [1.29, 1.82) is 0 Å². The molecule has 1 aromatic carbocycles. The Bertz CT molecular complexity index is 924. The van der Waals surface area contributed by atoms with Gasteiger partial charge in [0.15, 0.2) is 12.4 Å². The van der Waals surface area contributed by atoms with E-state index in [1.165, 1.54) is 0 Å². The zero-order valence-corrected chi connectivity index (χ0v) is 13.7. The van der Waals surface area contributed by atoms with Crippen LogP contribution in [0.3, 0.4) is 0 Å². The predicted octanol–water partition coefficient (Wildman–Crippen LogP) is 4.77. The number of pyridine rings is 1. The Morgan fingerprint density at radius 3 is 2.62 bits per heavy atom. The first-order valence-electron chi connectivity index (χ1n) is 7.25. The topological polar surface area (TPSA) is 65.2 Å². The Hall–Kier alpha value is -2.87. The first kappa shape index (κ1) is 17.9. The number of rotatable bonds is 4. The first-order valence-corrected chi connectivity index (χ1v) is 7.63. The maximum absolute atomic E-state index is 12.5. The van der Waals surface area contributed by atoms with Crippen LogP contribution in [0.4, 0.5) is 13.2 Å². The number of carbonyl (C=O) groups is 1. The molecule has 0 saturated carbocycles. The van der Waals surface area contributed by atoms with Crippen LogP contribution in [0.2, 0.25) is 5.02 Å². The zero-order chi connectivity index (χ0) is 18.7. The number of benzene rings is 1. The average molecular weight is 383 g/mol. The molecule has 0 N–H and O–H groups in total. The van der Waals surface area contributed by atoms with Gasteiger partial charge >= 0.3 is 12.1 Å². The van der Waals surface area contributed by atoms with Gasteiger partial charge in [0.2, 0.25) is 0 Å². The van der Waals surface area contributed by atoms with Gasteiger partial charge in [-0.3, -0.25) is 4.98 Å². The van der Waals surface area contributed by atoms with Crippen LogP contribution in [0.25, 0.3) is 11.3 Å². The molecule has 134 valence electrons. The second-order valence-electron chi connectivity index (χ2n) is 5.16. The number of halogens is 4. The maximum atomic E-state index is 12.5. The molecule has 0 saturated heterocycles.